The lowest BCUT2D eigenvalue weighted by Gasteiger charge is -2.25. The summed E-state index contributed by atoms with van der Waals surface area (Å²) in [5.74, 6) is 0.0817. The average molecular weight is 517 g/mol. The van der Waals surface area contributed by atoms with Gasteiger partial charge in [-0.3, -0.25) is 4.79 Å². The van der Waals surface area contributed by atoms with Crippen LogP contribution in [0.25, 0.3) is 0 Å². The van der Waals surface area contributed by atoms with Gasteiger partial charge in [0.1, 0.15) is 5.76 Å². The Morgan fingerprint density at radius 2 is 2.03 bits per heavy atom. The molecule has 0 unspecified atom stereocenters. The van der Waals surface area contributed by atoms with Gasteiger partial charge in [0, 0.05) is 21.8 Å². The number of rotatable bonds is 8. The van der Waals surface area contributed by atoms with Crippen LogP contribution in [0.2, 0.25) is 5.02 Å². The number of halogens is 1. The van der Waals surface area contributed by atoms with Gasteiger partial charge in [-0.05, 0) is 48.2 Å². The number of hydrogen-bond acceptors (Lipinski definition) is 8. The van der Waals surface area contributed by atoms with Crippen LogP contribution in [0.4, 0.5) is 11.4 Å². The van der Waals surface area contributed by atoms with E-state index in [4.69, 9.17) is 16.0 Å². The van der Waals surface area contributed by atoms with Gasteiger partial charge in [-0.2, -0.15) is 0 Å². The molecule has 11 heteroatoms. The van der Waals surface area contributed by atoms with Crippen molar-refractivity contribution in [2.24, 2.45) is 0 Å². The smallest absolute Gasteiger partial charge is 0.276 e. The minimum atomic E-state index is -3.74. The molecule has 8 nitrogen and oxygen atoms in total. The van der Waals surface area contributed by atoms with E-state index in [2.05, 4.69) is 15.3 Å². The zero-order chi connectivity index (χ0) is 24.3. The summed E-state index contributed by atoms with van der Waals surface area (Å²) in [7, 11) is -3.74. The molecule has 3 heterocycles. The highest BCUT2D eigenvalue weighted by Crippen LogP contribution is 2.27. The molecular formula is C23H21ClN4O4S2. The topological polar surface area (TPSA) is 105 Å². The van der Waals surface area contributed by atoms with Crippen LogP contribution in [-0.4, -0.2) is 30.5 Å². The number of carbonyl (C=O) groups is 1. The van der Waals surface area contributed by atoms with Gasteiger partial charge in [0.2, 0.25) is 15.0 Å². The molecule has 0 aliphatic carbocycles. The molecule has 0 fully saturated rings. The summed E-state index contributed by atoms with van der Waals surface area (Å²) >= 11 is 7.76. The fourth-order valence-corrected chi connectivity index (χ4v) is 4.61. The van der Waals surface area contributed by atoms with Crippen molar-refractivity contribution in [3.63, 3.8) is 0 Å². The molecule has 1 N–H and O–H groups in total. The largest absolute Gasteiger partial charge is 0.467 e. The zero-order valence-electron chi connectivity index (χ0n) is 18.4. The number of thiophene rings is 1. The molecule has 1 amide bonds. The highest BCUT2D eigenvalue weighted by Gasteiger charge is 2.24. The lowest BCUT2D eigenvalue weighted by Crippen LogP contribution is -2.27. The average Bonchev–Trinajstić information content (AvgIpc) is 3.49. The highest BCUT2D eigenvalue weighted by molar-refractivity contribution is 7.90. The number of anilines is 2. The highest BCUT2D eigenvalue weighted by atomic mass is 35.5. The Bertz CT molecular complexity index is 1370. The summed E-state index contributed by atoms with van der Waals surface area (Å²) in [4.78, 5) is 24.4. The molecule has 0 aliphatic heterocycles. The van der Waals surface area contributed by atoms with Gasteiger partial charge in [-0.15, -0.1) is 11.3 Å². The number of furan rings is 1. The van der Waals surface area contributed by atoms with Crippen LogP contribution in [0.5, 0.6) is 0 Å². The molecule has 176 valence electrons. The first-order chi connectivity index (χ1) is 16.2. The van der Waals surface area contributed by atoms with Gasteiger partial charge >= 0.3 is 0 Å². The SMILES string of the molecule is Cc1ccc(NC(=O)c2nc(S(C)(=O)=O)ncc2N(Cc2ccco2)Cc2cccs2)cc1Cl. The third-order valence-electron chi connectivity index (χ3n) is 4.92. The van der Waals surface area contributed by atoms with E-state index >= 15 is 0 Å². The van der Waals surface area contributed by atoms with E-state index in [1.54, 1.807) is 41.9 Å². The molecule has 0 bridgehead atoms. The van der Waals surface area contributed by atoms with Gasteiger partial charge in [0.05, 0.1) is 31.2 Å². The molecule has 0 atom stereocenters. The van der Waals surface area contributed by atoms with Crippen molar-refractivity contribution in [1.29, 1.82) is 0 Å². The number of aryl methyl sites for hydroxylation is 1. The van der Waals surface area contributed by atoms with E-state index in [1.807, 2.05) is 35.4 Å². The number of nitrogens with one attached hydrogen (secondary N) is 1. The number of hydrogen-bond donors (Lipinski definition) is 1. The number of aromatic nitrogens is 2. The number of nitrogens with zero attached hydrogens (tertiary/aromatic N) is 3. The monoisotopic (exact) mass is 516 g/mol. The Kier molecular flexibility index (Phi) is 7.01. The summed E-state index contributed by atoms with van der Waals surface area (Å²) < 4.78 is 29.8. The number of sulfone groups is 1. The lowest BCUT2D eigenvalue weighted by atomic mass is 10.2. The Balaban J connectivity index is 1.77. The van der Waals surface area contributed by atoms with Crippen molar-refractivity contribution in [3.8, 4) is 0 Å². The molecule has 3 aromatic heterocycles. The van der Waals surface area contributed by atoms with Crippen LogP contribution >= 0.6 is 22.9 Å². The lowest BCUT2D eigenvalue weighted by molar-refractivity contribution is 0.102. The van der Waals surface area contributed by atoms with Crippen molar-refractivity contribution >= 4 is 50.1 Å². The Hall–Kier alpha value is -3.21. The molecule has 0 aliphatic rings. The number of carbonyl (C=O) groups excluding carboxylic acids is 1. The molecule has 4 rings (SSSR count). The van der Waals surface area contributed by atoms with E-state index < -0.39 is 20.9 Å². The van der Waals surface area contributed by atoms with Gasteiger partial charge in [0.25, 0.3) is 5.91 Å². The first kappa shape index (κ1) is 23.9. The zero-order valence-corrected chi connectivity index (χ0v) is 20.7. The number of amides is 1. The summed E-state index contributed by atoms with van der Waals surface area (Å²) in [6, 6.07) is 12.6. The van der Waals surface area contributed by atoms with E-state index in [0.29, 0.717) is 35.2 Å². The summed E-state index contributed by atoms with van der Waals surface area (Å²) in [6.45, 7) is 2.62. The minimum absolute atomic E-state index is 0.0739. The van der Waals surface area contributed by atoms with E-state index in [0.717, 1.165) is 16.7 Å². The second-order valence-corrected chi connectivity index (χ2v) is 10.9. The maximum absolute atomic E-state index is 13.3. The summed E-state index contributed by atoms with van der Waals surface area (Å²) in [6.07, 6.45) is 3.92. The first-order valence-electron chi connectivity index (χ1n) is 10.1. The van der Waals surface area contributed by atoms with Gasteiger partial charge < -0.3 is 14.6 Å². The summed E-state index contributed by atoms with van der Waals surface area (Å²) in [5, 5.41) is 4.78. The van der Waals surface area contributed by atoms with Gasteiger partial charge in [0.15, 0.2) is 5.69 Å². The first-order valence-corrected chi connectivity index (χ1v) is 13.3. The molecular weight excluding hydrogens is 496 g/mol. The quantitative estimate of drug-likeness (QED) is 0.330. The van der Waals surface area contributed by atoms with Crippen LogP contribution in [-0.2, 0) is 22.9 Å². The van der Waals surface area contributed by atoms with Crippen molar-refractivity contribution < 1.29 is 17.6 Å². The fourth-order valence-electron chi connectivity index (χ4n) is 3.20. The maximum Gasteiger partial charge on any atom is 0.276 e. The van der Waals surface area contributed by atoms with Crippen LogP contribution in [0.3, 0.4) is 0 Å². The summed E-state index contributed by atoms with van der Waals surface area (Å²) in [5.41, 5.74) is 1.62. The maximum atomic E-state index is 13.3. The molecule has 0 radical (unpaired) electrons. The Labute approximate surface area is 206 Å². The third kappa shape index (κ3) is 5.64. The predicted octanol–water partition coefficient (Wildman–Crippen LogP) is 4.96. The van der Waals surface area contributed by atoms with Gasteiger partial charge in [-0.25, -0.2) is 18.4 Å². The van der Waals surface area contributed by atoms with E-state index in [-0.39, 0.29) is 5.69 Å². The Morgan fingerprint density at radius 3 is 2.68 bits per heavy atom. The fraction of sp³-hybridized carbons (Fsp3) is 0.174. The third-order valence-corrected chi connectivity index (χ3v) is 7.05. The van der Waals surface area contributed by atoms with E-state index in [1.165, 1.54) is 6.20 Å². The number of benzene rings is 1. The second kappa shape index (κ2) is 9.96. The van der Waals surface area contributed by atoms with Crippen molar-refractivity contribution in [3.05, 3.63) is 87.2 Å². The van der Waals surface area contributed by atoms with E-state index in [9.17, 15) is 13.2 Å². The van der Waals surface area contributed by atoms with Crippen LogP contribution < -0.4 is 10.2 Å². The molecule has 4 aromatic rings. The minimum Gasteiger partial charge on any atom is -0.467 e. The molecule has 34 heavy (non-hydrogen) atoms. The molecule has 0 saturated carbocycles. The van der Waals surface area contributed by atoms with Crippen LogP contribution in [0.1, 0.15) is 26.7 Å². The molecule has 0 spiro atoms. The van der Waals surface area contributed by atoms with Crippen LogP contribution in [0.15, 0.2) is 69.9 Å². The van der Waals surface area contributed by atoms with Gasteiger partial charge in [-0.1, -0.05) is 23.7 Å². The van der Waals surface area contributed by atoms with Crippen molar-refractivity contribution in [2.75, 3.05) is 16.5 Å². The van der Waals surface area contributed by atoms with Crippen molar-refractivity contribution in [1.82, 2.24) is 9.97 Å². The van der Waals surface area contributed by atoms with Crippen molar-refractivity contribution in [2.45, 2.75) is 25.2 Å². The predicted molar refractivity (Wildman–Crippen MR) is 132 cm³/mol. The Morgan fingerprint density at radius 1 is 1.21 bits per heavy atom. The molecule has 1 aromatic carbocycles. The van der Waals surface area contributed by atoms with Crippen LogP contribution in [0, 0.1) is 6.92 Å². The second-order valence-electron chi connectivity index (χ2n) is 7.59. The normalized spacial score (nSPS) is 11.4. The standard InChI is InChI=1S/C23H21ClN4O4S2/c1-15-7-8-16(11-19(15)24)26-22(29)21-20(12-25-23(27-21)34(2,30)31)28(13-17-5-3-9-32-17)14-18-6-4-10-33-18/h3-12H,13-14H2,1-2H3,(H,26,29). The molecule has 0 saturated heterocycles.